The molecule has 12 heavy (non-hydrogen) atoms. The minimum atomic E-state index is -0.368. The molecule has 1 aliphatic rings. The Kier molecular flexibility index (Phi) is 1.90. The summed E-state index contributed by atoms with van der Waals surface area (Å²) in [4.78, 5) is 11.2. The van der Waals surface area contributed by atoms with Crippen molar-refractivity contribution < 1.29 is 9.18 Å². The molecule has 1 nitrogen and oxygen atoms in total. The highest BCUT2D eigenvalue weighted by molar-refractivity contribution is 14.1. The third kappa shape index (κ3) is 1.07. The summed E-state index contributed by atoms with van der Waals surface area (Å²) < 4.78 is 14.1. The van der Waals surface area contributed by atoms with Gasteiger partial charge in [0.1, 0.15) is 5.82 Å². The SMILES string of the molecule is O=C1CCc2c(I)ccc(F)c21. The van der Waals surface area contributed by atoms with Crippen LogP contribution in [0.15, 0.2) is 12.1 Å². The van der Waals surface area contributed by atoms with Crippen LogP contribution in [-0.4, -0.2) is 5.78 Å². The number of ketones is 1. The molecule has 62 valence electrons. The van der Waals surface area contributed by atoms with Crippen LogP contribution in [0, 0.1) is 9.39 Å². The van der Waals surface area contributed by atoms with Crippen LogP contribution >= 0.6 is 22.6 Å². The van der Waals surface area contributed by atoms with Gasteiger partial charge < -0.3 is 0 Å². The number of carbonyl (C=O) groups is 1. The predicted octanol–water partition coefficient (Wildman–Crippen LogP) is 2.56. The van der Waals surface area contributed by atoms with E-state index in [2.05, 4.69) is 22.6 Å². The van der Waals surface area contributed by atoms with E-state index in [4.69, 9.17) is 0 Å². The maximum atomic E-state index is 13.1. The molecule has 0 aliphatic heterocycles. The Morgan fingerprint density at radius 1 is 1.33 bits per heavy atom. The molecule has 0 aromatic heterocycles. The number of carbonyl (C=O) groups excluding carboxylic acids is 1. The van der Waals surface area contributed by atoms with E-state index >= 15 is 0 Å². The normalized spacial score (nSPS) is 15.0. The molecular weight excluding hydrogens is 270 g/mol. The Hall–Kier alpha value is -0.450. The fraction of sp³-hybridized carbons (Fsp3) is 0.222. The van der Waals surface area contributed by atoms with Gasteiger partial charge in [0.15, 0.2) is 5.78 Å². The van der Waals surface area contributed by atoms with E-state index in [1.807, 2.05) is 0 Å². The molecule has 3 heteroatoms. The van der Waals surface area contributed by atoms with Gasteiger partial charge in [-0.1, -0.05) is 0 Å². The van der Waals surface area contributed by atoms with Crippen molar-refractivity contribution in [2.45, 2.75) is 12.8 Å². The Bertz CT molecular complexity index is 360. The molecule has 0 unspecified atom stereocenters. The summed E-state index contributed by atoms with van der Waals surface area (Å²) in [6.07, 6.45) is 1.16. The van der Waals surface area contributed by atoms with E-state index in [1.165, 1.54) is 6.07 Å². The largest absolute Gasteiger partial charge is 0.294 e. The van der Waals surface area contributed by atoms with Crippen LogP contribution in [-0.2, 0) is 6.42 Å². The zero-order valence-electron chi connectivity index (χ0n) is 6.23. The summed E-state index contributed by atoms with van der Waals surface area (Å²) in [6, 6.07) is 3.08. The van der Waals surface area contributed by atoms with Crippen molar-refractivity contribution >= 4 is 28.4 Å². The minimum absolute atomic E-state index is 0.0546. The van der Waals surface area contributed by atoms with Gasteiger partial charge in [-0.05, 0) is 46.7 Å². The smallest absolute Gasteiger partial charge is 0.166 e. The van der Waals surface area contributed by atoms with E-state index in [0.717, 1.165) is 9.13 Å². The van der Waals surface area contributed by atoms with Crippen LogP contribution in [0.25, 0.3) is 0 Å². The van der Waals surface area contributed by atoms with Gasteiger partial charge in [-0.3, -0.25) is 4.79 Å². The lowest BCUT2D eigenvalue weighted by Crippen LogP contribution is -1.97. The molecule has 0 bridgehead atoms. The standard InChI is InChI=1S/C9H6FIO/c10-6-2-3-7(11)5-1-4-8(12)9(5)6/h2-3H,1,4H2. The molecule has 0 N–H and O–H groups in total. The van der Waals surface area contributed by atoms with Crippen LogP contribution in [0.1, 0.15) is 22.3 Å². The highest BCUT2D eigenvalue weighted by atomic mass is 127. The second-order valence-corrected chi connectivity index (χ2v) is 3.97. The molecule has 2 rings (SSSR count). The minimum Gasteiger partial charge on any atom is -0.294 e. The molecule has 1 aliphatic carbocycles. The van der Waals surface area contributed by atoms with E-state index in [9.17, 15) is 9.18 Å². The number of fused-ring (bicyclic) bond motifs is 1. The van der Waals surface area contributed by atoms with E-state index in [0.29, 0.717) is 18.4 Å². The monoisotopic (exact) mass is 276 g/mol. The predicted molar refractivity (Wildman–Crippen MR) is 51.8 cm³/mol. The van der Waals surface area contributed by atoms with Gasteiger partial charge in [-0.15, -0.1) is 0 Å². The van der Waals surface area contributed by atoms with Gasteiger partial charge in [0.25, 0.3) is 0 Å². The van der Waals surface area contributed by atoms with Crippen molar-refractivity contribution in [3.63, 3.8) is 0 Å². The molecule has 1 aromatic carbocycles. The van der Waals surface area contributed by atoms with Gasteiger partial charge in [-0.25, -0.2) is 4.39 Å². The Labute approximate surface area is 83.1 Å². The molecule has 0 spiro atoms. The Balaban J connectivity index is 2.72. The second kappa shape index (κ2) is 2.80. The fourth-order valence-corrected chi connectivity index (χ4v) is 2.22. The summed E-state index contributed by atoms with van der Waals surface area (Å²) in [5.41, 5.74) is 1.21. The molecule has 0 atom stereocenters. The molecule has 0 amide bonds. The van der Waals surface area contributed by atoms with E-state index in [1.54, 1.807) is 6.07 Å². The Morgan fingerprint density at radius 3 is 2.75 bits per heavy atom. The molecule has 0 saturated heterocycles. The average molecular weight is 276 g/mol. The van der Waals surface area contributed by atoms with E-state index < -0.39 is 0 Å². The lowest BCUT2D eigenvalue weighted by atomic mass is 10.1. The number of benzene rings is 1. The summed E-state index contributed by atoms with van der Waals surface area (Å²) >= 11 is 2.13. The average Bonchev–Trinajstić information content (AvgIpc) is 2.42. The topological polar surface area (TPSA) is 17.1 Å². The quantitative estimate of drug-likeness (QED) is 0.665. The van der Waals surface area contributed by atoms with Crippen molar-refractivity contribution in [3.05, 3.63) is 32.6 Å². The summed E-state index contributed by atoms with van der Waals surface area (Å²) in [7, 11) is 0. The van der Waals surface area contributed by atoms with Crippen LogP contribution in [0.4, 0.5) is 4.39 Å². The van der Waals surface area contributed by atoms with Crippen LogP contribution in [0.3, 0.4) is 0 Å². The summed E-state index contributed by atoms with van der Waals surface area (Å²) in [5.74, 6) is -0.422. The first-order valence-electron chi connectivity index (χ1n) is 3.70. The highest BCUT2D eigenvalue weighted by Crippen LogP contribution is 2.28. The maximum Gasteiger partial charge on any atom is 0.166 e. The maximum absolute atomic E-state index is 13.1. The zero-order chi connectivity index (χ0) is 8.72. The number of hydrogen-bond acceptors (Lipinski definition) is 1. The number of Topliss-reactive ketones (excluding diaryl/α,β-unsaturated/α-hetero) is 1. The number of halogens is 2. The number of rotatable bonds is 0. The first-order valence-corrected chi connectivity index (χ1v) is 4.78. The van der Waals surface area contributed by atoms with Gasteiger partial charge >= 0.3 is 0 Å². The van der Waals surface area contributed by atoms with E-state index in [-0.39, 0.29) is 11.6 Å². The van der Waals surface area contributed by atoms with Gasteiger partial charge in [0.2, 0.25) is 0 Å². The second-order valence-electron chi connectivity index (χ2n) is 2.81. The first kappa shape index (κ1) is 8.16. The highest BCUT2D eigenvalue weighted by Gasteiger charge is 2.24. The number of hydrogen-bond donors (Lipinski definition) is 0. The van der Waals surface area contributed by atoms with Gasteiger partial charge in [0.05, 0.1) is 5.56 Å². The zero-order valence-corrected chi connectivity index (χ0v) is 8.39. The van der Waals surface area contributed by atoms with Crippen LogP contribution in [0.2, 0.25) is 0 Å². The van der Waals surface area contributed by atoms with Crippen molar-refractivity contribution in [3.8, 4) is 0 Å². The molecular formula is C9H6FIO. The summed E-state index contributed by atoms with van der Waals surface area (Å²) in [6.45, 7) is 0. The van der Waals surface area contributed by atoms with Crippen molar-refractivity contribution in [1.82, 2.24) is 0 Å². The molecule has 0 fully saturated rings. The fourth-order valence-electron chi connectivity index (χ4n) is 1.50. The van der Waals surface area contributed by atoms with Crippen molar-refractivity contribution in [1.29, 1.82) is 0 Å². The molecule has 0 radical (unpaired) electrons. The summed E-state index contributed by atoms with van der Waals surface area (Å²) in [5, 5.41) is 0. The molecule has 1 aromatic rings. The van der Waals surface area contributed by atoms with Crippen LogP contribution in [0.5, 0.6) is 0 Å². The van der Waals surface area contributed by atoms with Gasteiger partial charge in [0, 0.05) is 9.99 Å². The Morgan fingerprint density at radius 2 is 2.08 bits per heavy atom. The first-order chi connectivity index (χ1) is 5.70. The molecule has 0 saturated carbocycles. The van der Waals surface area contributed by atoms with Crippen molar-refractivity contribution in [2.75, 3.05) is 0 Å². The van der Waals surface area contributed by atoms with Crippen molar-refractivity contribution in [2.24, 2.45) is 0 Å². The molecule has 0 heterocycles. The third-order valence-corrected chi connectivity index (χ3v) is 3.10. The lowest BCUT2D eigenvalue weighted by molar-refractivity contribution is 0.0991. The van der Waals surface area contributed by atoms with Gasteiger partial charge in [-0.2, -0.15) is 0 Å². The lowest BCUT2D eigenvalue weighted by Gasteiger charge is -2.00. The third-order valence-electron chi connectivity index (χ3n) is 2.09. The van der Waals surface area contributed by atoms with Crippen LogP contribution < -0.4 is 0 Å².